The zero-order chi connectivity index (χ0) is 45.0. The van der Waals surface area contributed by atoms with Crippen molar-refractivity contribution in [2.75, 3.05) is 45.8 Å². The first-order valence-corrected chi connectivity index (χ1v) is 25.1. The third-order valence-electron chi connectivity index (χ3n) is 15.9. The molecule has 4 fully saturated rings. The van der Waals surface area contributed by atoms with Crippen LogP contribution in [0.25, 0.3) is 0 Å². The summed E-state index contributed by atoms with van der Waals surface area (Å²) in [6.45, 7) is 12.7. The molecule has 62 heavy (non-hydrogen) atoms. The van der Waals surface area contributed by atoms with Crippen molar-refractivity contribution in [1.82, 2.24) is 21.3 Å². The fraction of sp³-hybridized carbons (Fsp3) is 0.917. The van der Waals surface area contributed by atoms with Gasteiger partial charge in [0.05, 0.1) is 0 Å². The first-order chi connectivity index (χ1) is 29.9. The van der Waals surface area contributed by atoms with E-state index in [-0.39, 0.29) is 65.1 Å². The third kappa shape index (κ3) is 14.6. The van der Waals surface area contributed by atoms with Crippen LogP contribution in [0.3, 0.4) is 0 Å². The minimum absolute atomic E-state index is 0.0558. The van der Waals surface area contributed by atoms with E-state index in [1.807, 2.05) is 0 Å². The Bertz CT molecular complexity index is 1360. The predicted octanol–water partition coefficient (Wildman–Crippen LogP) is 7.65. The molecule has 4 rings (SSSR count). The summed E-state index contributed by atoms with van der Waals surface area (Å²) in [5.74, 6) is 0.939. The van der Waals surface area contributed by atoms with Crippen LogP contribution < -0.4 is 38.5 Å². The van der Waals surface area contributed by atoms with Gasteiger partial charge in [0, 0.05) is 43.9 Å². The molecule has 11 atom stereocenters. The number of amides is 4. The van der Waals surface area contributed by atoms with Gasteiger partial charge in [-0.2, -0.15) is 0 Å². The van der Waals surface area contributed by atoms with E-state index in [0.717, 1.165) is 51.5 Å². The molecule has 0 saturated heterocycles. The Morgan fingerprint density at radius 1 is 0.629 bits per heavy atom. The maximum Gasteiger partial charge on any atom is 0.407 e. The van der Waals surface area contributed by atoms with Crippen molar-refractivity contribution in [3.63, 3.8) is 0 Å². The summed E-state index contributed by atoms with van der Waals surface area (Å²) in [5.41, 5.74) is 16.6. The van der Waals surface area contributed by atoms with Crippen LogP contribution in [-0.2, 0) is 19.0 Å². The van der Waals surface area contributed by atoms with Crippen LogP contribution in [0.15, 0.2) is 0 Å². The summed E-state index contributed by atoms with van der Waals surface area (Å²) in [4.78, 5) is 53.0. The second-order valence-electron chi connectivity index (χ2n) is 19.9. The molecule has 0 aromatic heterocycles. The van der Waals surface area contributed by atoms with E-state index in [0.29, 0.717) is 84.2 Å². The molecule has 0 heterocycles. The van der Waals surface area contributed by atoms with Crippen LogP contribution in [0, 0.1) is 46.3 Å². The molecule has 0 aromatic carbocycles. The lowest BCUT2D eigenvalue weighted by atomic mass is 9.43. The minimum atomic E-state index is -0.431. The van der Waals surface area contributed by atoms with E-state index in [4.69, 9.17) is 31.4 Å². The van der Waals surface area contributed by atoms with Crippen LogP contribution in [0.2, 0.25) is 0 Å². The molecular formula is C48H89N7O7. The lowest BCUT2D eigenvalue weighted by molar-refractivity contribution is -0.206. The molecular weight excluding hydrogens is 787 g/mol. The monoisotopic (exact) mass is 876 g/mol. The fourth-order valence-electron chi connectivity index (χ4n) is 12.4. The van der Waals surface area contributed by atoms with Gasteiger partial charge in [-0.3, -0.25) is 4.79 Å². The van der Waals surface area contributed by atoms with Crippen molar-refractivity contribution in [1.29, 1.82) is 0 Å². The summed E-state index contributed by atoms with van der Waals surface area (Å²) in [6.07, 6.45) is 19.1. The first-order valence-electron chi connectivity index (χ1n) is 25.1. The van der Waals surface area contributed by atoms with E-state index in [2.05, 4.69) is 49.0 Å². The second-order valence-corrected chi connectivity index (χ2v) is 19.9. The highest BCUT2D eigenvalue weighted by Crippen LogP contribution is 2.69. The van der Waals surface area contributed by atoms with E-state index in [1.54, 1.807) is 0 Å². The van der Waals surface area contributed by atoms with Gasteiger partial charge in [0.1, 0.15) is 18.3 Å². The number of ether oxygens (including phenoxy) is 3. The molecule has 4 aliphatic rings. The largest absolute Gasteiger partial charge is 0.446 e. The standard InChI is InChI=1S/C48H89N7O7/c1-5-6-7-8-9-10-11-12-13-14-27-52-42(56)21-18-34(2)37-19-20-38-43-39(33-41(48(37,38)4)62-46(59)55-30-17-26-51)47(3)23-22-36(60-44(57)53-28-15-24-49)31-35(47)32-40(43)61-45(58)54-29-16-25-50/h34-41,43H,5-33,49-51H2,1-4H3,(H,52,56)(H,53,57)(H,54,58)(H,55,59)/t34-,35?,36?,37-,38+,39+,40-,41+,43+,47+,48-/m1/s1. The van der Waals surface area contributed by atoms with Gasteiger partial charge >= 0.3 is 18.3 Å². The Labute approximate surface area is 374 Å². The molecule has 14 heteroatoms. The Balaban J connectivity index is 1.49. The highest BCUT2D eigenvalue weighted by molar-refractivity contribution is 5.75. The normalized spacial score (nSPS) is 30.5. The lowest BCUT2D eigenvalue weighted by Crippen LogP contribution is -2.64. The number of rotatable bonds is 27. The van der Waals surface area contributed by atoms with Crippen molar-refractivity contribution < 1.29 is 33.4 Å². The highest BCUT2D eigenvalue weighted by Gasteiger charge is 2.68. The number of nitrogens with one attached hydrogen (secondary N) is 4. The van der Waals surface area contributed by atoms with Crippen molar-refractivity contribution in [3.8, 4) is 0 Å². The molecule has 0 bridgehead atoms. The highest BCUT2D eigenvalue weighted by atomic mass is 16.6. The zero-order valence-electron chi connectivity index (χ0n) is 39.3. The van der Waals surface area contributed by atoms with Gasteiger partial charge in [0.2, 0.25) is 5.91 Å². The smallest absolute Gasteiger partial charge is 0.407 e. The molecule has 4 amide bonds. The number of hydrogen-bond donors (Lipinski definition) is 7. The molecule has 4 saturated carbocycles. The maximum absolute atomic E-state index is 13.6. The van der Waals surface area contributed by atoms with E-state index >= 15 is 0 Å². The van der Waals surface area contributed by atoms with Gasteiger partial charge in [0.15, 0.2) is 0 Å². The third-order valence-corrected chi connectivity index (χ3v) is 15.9. The van der Waals surface area contributed by atoms with Gasteiger partial charge in [0.25, 0.3) is 0 Å². The average molecular weight is 876 g/mol. The summed E-state index contributed by atoms with van der Waals surface area (Å²) in [5, 5.41) is 11.9. The Morgan fingerprint density at radius 3 is 1.77 bits per heavy atom. The summed E-state index contributed by atoms with van der Waals surface area (Å²) >= 11 is 0. The Morgan fingerprint density at radius 2 is 1.18 bits per heavy atom. The second kappa shape index (κ2) is 26.8. The fourth-order valence-corrected chi connectivity index (χ4v) is 12.4. The SMILES string of the molecule is CCCCCCCCCCCCNC(=O)CC[C@@H](C)[C@H]1CC[C@H]2[C@@H]3[C@H](OC(=O)NCCCN)CC4CC(OC(=O)NCCCN)CC[C@]4(C)[C@H]3C[C@H](OC(=O)NCCCN)[C@]12C. The molecule has 0 spiro atoms. The zero-order valence-corrected chi connectivity index (χ0v) is 39.3. The van der Waals surface area contributed by atoms with Gasteiger partial charge in [-0.1, -0.05) is 85.5 Å². The number of carbonyl (C=O) groups excluding carboxylic acids is 4. The number of unbranched alkanes of at least 4 members (excludes halogenated alkanes) is 9. The van der Waals surface area contributed by atoms with Crippen LogP contribution >= 0.6 is 0 Å². The minimum Gasteiger partial charge on any atom is -0.446 e. The predicted molar refractivity (Wildman–Crippen MR) is 245 cm³/mol. The quantitative estimate of drug-likeness (QED) is 0.0316. The van der Waals surface area contributed by atoms with Gasteiger partial charge in [-0.15, -0.1) is 0 Å². The molecule has 10 N–H and O–H groups in total. The summed E-state index contributed by atoms with van der Waals surface area (Å²) in [6, 6.07) is 0. The molecule has 4 aliphatic carbocycles. The Kier molecular flexibility index (Phi) is 22.4. The van der Waals surface area contributed by atoms with Crippen LogP contribution in [-0.4, -0.2) is 88.3 Å². The van der Waals surface area contributed by atoms with Crippen LogP contribution in [0.4, 0.5) is 14.4 Å². The van der Waals surface area contributed by atoms with Gasteiger partial charge < -0.3 is 52.7 Å². The van der Waals surface area contributed by atoms with E-state index in [1.165, 1.54) is 51.4 Å². The van der Waals surface area contributed by atoms with Gasteiger partial charge in [-0.05, 0) is 132 Å². The van der Waals surface area contributed by atoms with Crippen molar-refractivity contribution in [2.24, 2.45) is 63.5 Å². The number of nitrogens with two attached hydrogens (primary N) is 3. The number of carbonyl (C=O) groups is 4. The number of hydrogen-bond acceptors (Lipinski definition) is 10. The van der Waals surface area contributed by atoms with Crippen LogP contribution in [0.5, 0.6) is 0 Å². The van der Waals surface area contributed by atoms with Gasteiger partial charge in [-0.25, -0.2) is 14.4 Å². The van der Waals surface area contributed by atoms with E-state index in [9.17, 15) is 19.2 Å². The maximum atomic E-state index is 13.6. The molecule has 0 aromatic rings. The lowest BCUT2D eigenvalue weighted by Gasteiger charge is -2.64. The molecule has 0 aliphatic heterocycles. The average Bonchev–Trinajstić information content (AvgIpc) is 3.61. The summed E-state index contributed by atoms with van der Waals surface area (Å²) < 4.78 is 19.0. The molecule has 14 nitrogen and oxygen atoms in total. The van der Waals surface area contributed by atoms with Crippen molar-refractivity contribution in [2.45, 2.75) is 187 Å². The number of fused-ring (bicyclic) bond motifs is 5. The first kappa shape index (κ1) is 51.8. The molecule has 358 valence electrons. The molecule has 0 radical (unpaired) electrons. The van der Waals surface area contributed by atoms with Crippen LogP contribution in [0.1, 0.15) is 169 Å². The van der Waals surface area contributed by atoms with Crippen molar-refractivity contribution >= 4 is 24.2 Å². The molecule has 2 unspecified atom stereocenters. The van der Waals surface area contributed by atoms with E-state index < -0.39 is 23.7 Å². The summed E-state index contributed by atoms with van der Waals surface area (Å²) in [7, 11) is 0. The van der Waals surface area contributed by atoms with Crippen molar-refractivity contribution in [3.05, 3.63) is 0 Å². The number of alkyl carbamates (subject to hydrolysis) is 3. The topological polar surface area (TPSA) is 222 Å². The Hall–Kier alpha value is -2.84.